The molecule has 1 rings (SSSR count). The number of carbonyl (C=O) groups is 1. The lowest BCUT2D eigenvalue weighted by Gasteiger charge is -2.14. The minimum Gasteiger partial charge on any atom is -0.481 e. The third-order valence-electron chi connectivity index (χ3n) is 3.38. The Hall–Kier alpha value is -2.12. The van der Waals surface area contributed by atoms with E-state index in [-0.39, 0.29) is 23.9 Å². The number of carboxylic acids is 1. The second-order valence-electron chi connectivity index (χ2n) is 5.37. The van der Waals surface area contributed by atoms with Crippen LogP contribution in [-0.2, 0) is 11.8 Å². The first-order valence-electron chi connectivity index (χ1n) is 6.94. The number of aromatic nitrogens is 2. The summed E-state index contributed by atoms with van der Waals surface area (Å²) in [7, 11) is 1.64. The number of nitro groups is 1. The summed E-state index contributed by atoms with van der Waals surface area (Å²) in [6.45, 7) is 5.95. The number of hydrogen-bond acceptors (Lipinski definition) is 5. The van der Waals surface area contributed by atoms with Crippen LogP contribution >= 0.6 is 0 Å². The fourth-order valence-corrected chi connectivity index (χ4v) is 2.15. The predicted octanol–water partition coefficient (Wildman–Crippen LogP) is 2.36. The van der Waals surface area contributed by atoms with Crippen LogP contribution < -0.4 is 5.32 Å². The Morgan fingerprint density at radius 1 is 1.52 bits per heavy atom. The lowest BCUT2D eigenvalue weighted by Crippen LogP contribution is -2.19. The minimum atomic E-state index is -0.869. The zero-order valence-electron chi connectivity index (χ0n) is 12.8. The molecule has 1 heterocycles. The van der Waals surface area contributed by atoms with Crippen LogP contribution in [0, 0.1) is 16.0 Å². The average Bonchev–Trinajstić information content (AvgIpc) is 2.71. The number of carboxylic acid groups (broad SMARTS) is 1. The molecule has 1 unspecified atom stereocenters. The Morgan fingerprint density at radius 3 is 2.57 bits per heavy atom. The highest BCUT2D eigenvalue weighted by atomic mass is 16.6. The number of anilines is 1. The second kappa shape index (κ2) is 7.05. The minimum absolute atomic E-state index is 0.0299. The van der Waals surface area contributed by atoms with E-state index in [4.69, 9.17) is 5.11 Å². The van der Waals surface area contributed by atoms with E-state index in [1.165, 1.54) is 4.68 Å². The Kier molecular flexibility index (Phi) is 5.69. The summed E-state index contributed by atoms with van der Waals surface area (Å²) in [6, 6.07) is 0. The Labute approximate surface area is 123 Å². The van der Waals surface area contributed by atoms with Crippen LogP contribution in [0.4, 0.5) is 11.5 Å². The van der Waals surface area contributed by atoms with Crippen molar-refractivity contribution in [3.8, 4) is 0 Å². The Balaban J connectivity index is 2.97. The molecule has 8 heteroatoms. The summed E-state index contributed by atoms with van der Waals surface area (Å²) in [5, 5.41) is 27.3. The van der Waals surface area contributed by atoms with E-state index in [1.54, 1.807) is 7.05 Å². The van der Waals surface area contributed by atoms with Gasteiger partial charge < -0.3 is 10.4 Å². The van der Waals surface area contributed by atoms with Crippen molar-refractivity contribution in [3.63, 3.8) is 0 Å². The highest BCUT2D eigenvalue weighted by Crippen LogP contribution is 2.33. The maximum atomic E-state index is 11.3. The van der Waals surface area contributed by atoms with Gasteiger partial charge in [-0.25, -0.2) is 4.68 Å². The fourth-order valence-electron chi connectivity index (χ4n) is 2.15. The van der Waals surface area contributed by atoms with Crippen LogP contribution in [0.15, 0.2) is 0 Å². The normalized spacial score (nSPS) is 12.4. The van der Waals surface area contributed by atoms with Crippen molar-refractivity contribution >= 4 is 17.5 Å². The van der Waals surface area contributed by atoms with Gasteiger partial charge in [-0.05, 0) is 5.92 Å². The molecule has 0 radical (unpaired) electrons. The molecule has 1 atom stereocenters. The van der Waals surface area contributed by atoms with E-state index in [9.17, 15) is 14.9 Å². The molecule has 21 heavy (non-hydrogen) atoms. The molecule has 0 saturated carbocycles. The molecule has 0 amide bonds. The number of aryl methyl sites for hydroxylation is 1. The molecule has 1 aromatic heterocycles. The highest BCUT2D eigenvalue weighted by Gasteiger charge is 2.28. The van der Waals surface area contributed by atoms with Gasteiger partial charge in [0.25, 0.3) is 0 Å². The van der Waals surface area contributed by atoms with Crippen molar-refractivity contribution in [1.82, 2.24) is 9.78 Å². The summed E-state index contributed by atoms with van der Waals surface area (Å²) in [6.07, 6.45) is 0.716. The largest absolute Gasteiger partial charge is 0.481 e. The Morgan fingerprint density at radius 2 is 2.14 bits per heavy atom. The molecule has 0 spiro atoms. The third-order valence-corrected chi connectivity index (χ3v) is 3.38. The predicted molar refractivity (Wildman–Crippen MR) is 78.5 cm³/mol. The van der Waals surface area contributed by atoms with Crippen molar-refractivity contribution in [1.29, 1.82) is 0 Å². The molecule has 0 aliphatic heterocycles. The molecule has 0 aromatic carbocycles. The maximum Gasteiger partial charge on any atom is 0.334 e. The van der Waals surface area contributed by atoms with Crippen LogP contribution in [-0.4, -0.2) is 32.3 Å². The van der Waals surface area contributed by atoms with Crippen LogP contribution in [0.2, 0.25) is 0 Å². The van der Waals surface area contributed by atoms with Gasteiger partial charge in [0, 0.05) is 25.9 Å². The first-order chi connectivity index (χ1) is 9.77. The van der Waals surface area contributed by atoms with Gasteiger partial charge in [0.1, 0.15) is 5.69 Å². The first kappa shape index (κ1) is 16.9. The molecule has 0 aliphatic rings. The van der Waals surface area contributed by atoms with Gasteiger partial charge in [-0.1, -0.05) is 27.2 Å². The second-order valence-corrected chi connectivity index (χ2v) is 5.37. The monoisotopic (exact) mass is 298 g/mol. The summed E-state index contributed by atoms with van der Waals surface area (Å²) in [4.78, 5) is 21.6. The van der Waals surface area contributed by atoms with E-state index in [2.05, 4.69) is 10.4 Å². The van der Waals surface area contributed by atoms with Gasteiger partial charge in [0.15, 0.2) is 0 Å². The van der Waals surface area contributed by atoms with Gasteiger partial charge >= 0.3 is 11.7 Å². The zero-order chi connectivity index (χ0) is 16.2. The van der Waals surface area contributed by atoms with Gasteiger partial charge in [-0.3, -0.25) is 14.9 Å². The van der Waals surface area contributed by atoms with Gasteiger partial charge in [0.2, 0.25) is 5.82 Å². The van der Waals surface area contributed by atoms with Crippen molar-refractivity contribution in [2.24, 2.45) is 13.0 Å². The van der Waals surface area contributed by atoms with Gasteiger partial charge in [-0.2, -0.15) is 5.10 Å². The molecular weight excluding hydrogens is 276 g/mol. The Bertz CT molecular complexity index is 524. The first-order valence-corrected chi connectivity index (χ1v) is 6.94. The van der Waals surface area contributed by atoms with Gasteiger partial charge in [-0.15, -0.1) is 0 Å². The van der Waals surface area contributed by atoms with Crippen molar-refractivity contribution < 1.29 is 14.8 Å². The standard InChI is InChI=1S/C13H22N4O4/c1-5-9(6-10(18)19)7-14-13-12(17(20)21)11(8(2)3)15-16(13)4/h8-9,14H,5-7H2,1-4H3,(H,18,19). The van der Waals surface area contributed by atoms with E-state index < -0.39 is 10.9 Å². The van der Waals surface area contributed by atoms with Gasteiger partial charge in [0.05, 0.1) is 4.92 Å². The fraction of sp³-hybridized carbons (Fsp3) is 0.692. The number of rotatable bonds is 8. The molecular formula is C13H22N4O4. The quantitative estimate of drug-likeness (QED) is 0.563. The summed E-state index contributed by atoms with van der Waals surface area (Å²) < 4.78 is 1.45. The molecule has 2 N–H and O–H groups in total. The lowest BCUT2D eigenvalue weighted by molar-refractivity contribution is -0.384. The van der Waals surface area contributed by atoms with Crippen LogP contribution in [0.25, 0.3) is 0 Å². The lowest BCUT2D eigenvalue weighted by atomic mass is 10.0. The molecule has 0 aliphatic carbocycles. The molecule has 0 bridgehead atoms. The summed E-state index contributed by atoms with van der Waals surface area (Å²) in [5.41, 5.74) is 0.397. The SMILES string of the molecule is CCC(CNc1c([N+](=O)[O-])c(C(C)C)nn1C)CC(=O)O. The number of nitrogens with one attached hydrogen (secondary N) is 1. The van der Waals surface area contributed by atoms with Crippen LogP contribution in [0.3, 0.4) is 0 Å². The molecule has 0 fully saturated rings. The van der Waals surface area contributed by atoms with Crippen molar-refractivity contribution in [2.75, 3.05) is 11.9 Å². The summed E-state index contributed by atoms with van der Waals surface area (Å²) >= 11 is 0. The summed E-state index contributed by atoms with van der Waals surface area (Å²) in [5.74, 6) is -0.689. The third kappa shape index (κ3) is 4.17. The highest BCUT2D eigenvalue weighted by molar-refractivity contribution is 5.67. The van der Waals surface area contributed by atoms with E-state index >= 15 is 0 Å². The van der Waals surface area contributed by atoms with Crippen molar-refractivity contribution in [2.45, 2.75) is 39.5 Å². The van der Waals surface area contributed by atoms with E-state index in [1.807, 2.05) is 20.8 Å². The molecule has 1 aromatic rings. The van der Waals surface area contributed by atoms with Crippen molar-refractivity contribution in [3.05, 3.63) is 15.8 Å². The molecule has 8 nitrogen and oxygen atoms in total. The van der Waals surface area contributed by atoms with Crippen LogP contribution in [0.1, 0.15) is 45.2 Å². The molecule has 0 saturated heterocycles. The van der Waals surface area contributed by atoms with E-state index in [0.717, 1.165) is 0 Å². The maximum absolute atomic E-state index is 11.3. The topological polar surface area (TPSA) is 110 Å². The number of hydrogen-bond donors (Lipinski definition) is 2. The zero-order valence-corrected chi connectivity index (χ0v) is 12.8. The van der Waals surface area contributed by atoms with E-state index in [0.29, 0.717) is 24.5 Å². The number of aliphatic carboxylic acids is 1. The number of nitrogens with zero attached hydrogens (tertiary/aromatic N) is 3. The smallest absolute Gasteiger partial charge is 0.334 e. The average molecular weight is 298 g/mol. The van der Waals surface area contributed by atoms with Crippen LogP contribution in [0.5, 0.6) is 0 Å². The molecule has 118 valence electrons.